The van der Waals surface area contributed by atoms with E-state index in [9.17, 15) is 4.79 Å². The number of carbonyl (C=O) groups excluding carboxylic acids is 1. The summed E-state index contributed by atoms with van der Waals surface area (Å²) in [4.78, 5) is 13.3. The molecule has 1 aliphatic rings. The van der Waals surface area contributed by atoms with Gasteiger partial charge in [-0.05, 0) is 23.5 Å². The third-order valence-corrected chi connectivity index (χ3v) is 4.11. The molecule has 1 N–H and O–H groups in total. The van der Waals surface area contributed by atoms with Gasteiger partial charge in [0.25, 0.3) is 0 Å². The minimum absolute atomic E-state index is 0.0486. The predicted octanol–water partition coefficient (Wildman–Crippen LogP) is 3.78. The van der Waals surface area contributed by atoms with Crippen molar-refractivity contribution in [2.24, 2.45) is 5.41 Å². The van der Waals surface area contributed by atoms with Gasteiger partial charge in [0.1, 0.15) is 0 Å². The first-order chi connectivity index (χ1) is 8.46. The van der Waals surface area contributed by atoms with Crippen molar-refractivity contribution in [1.82, 2.24) is 5.32 Å². The molecule has 18 heavy (non-hydrogen) atoms. The fraction of sp³-hybridized carbons (Fsp3) is 0.533. The maximum absolute atomic E-state index is 12.0. The highest BCUT2D eigenvalue weighted by atomic mass is 32.2. The topological polar surface area (TPSA) is 29.1 Å². The van der Waals surface area contributed by atoms with Crippen LogP contribution in [0.5, 0.6) is 0 Å². The van der Waals surface area contributed by atoms with Crippen LogP contribution in [0.3, 0.4) is 0 Å². The summed E-state index contributed by atoms with van der Waals surface area (Å²) in [7, 11) is 0. The van der Waals surface area contributed by atoms with Gasteiger partial charge in [0.15, 0.2) is 0 Å². The van der Waals surface area contributed by atoms with Gasteiger partial charge in [-0.15, -0.1) is 11.8 Å². The Morgan fingerprint density at radius 3 is 2.83 bits per heavy atom. The first kappa shape index (κ1) is 13.5. The van der Waals surface area contributed by atoms with Gasteiger partial charge in [0, 0.05) is 17.1 Å². The highest BCUT2D eigenvalue weighted by molar-refractivity contribution is 7.99. The monoisotopic (exact) mass is 263 g/mol. The van der Waals surface area contributed by atoms with Crippen LogP contribution in [0, 0.1) is 5.41 Å². The number of nitrogens with one attached hydrogen (secondary N) is 1. The standard InChI is InChI=1S/C15H21NOS/c1-15(2,3)10-14(17)16-12-8-9-18-13-7-5-4-6-11(12)13/h4-7,12H,8-10H2,1-3H3,(H,16,17). The molecular weight excluding hydrogens is 242 g/mol. The smallest absolute Gasteiger partial charge is 0.221 e. The molecule has 0 spiro atoms. The predicted molar refractivity (Wildman–Crippen MR) is 76.7 cm³/mol. The molecule has 1 atom stereocenters. The van der Waals surface area contributed by atoms with E-state index >= 15 is 0 Å². The van der Waals surface area contributed by atoms with E-state index in [0.717, 1.165) is 12.2 Å². The maximum atomic E-state index is 12.0. The summed E-state index contributed by atoms with van der Waals surface area (Å²) in [6.07, 6.45) is 1.61. The van der Waals surface area contributed by atoms with Crippen LogP contribution in [-0.4, -0.2) is 11.7 Å². The van der Waals surface area contributed by atoms with Crippen molar-refractivity contribution < 1.29 is 4.79 Å². The number of hydrogen-bond acceptors (Lipinski definition) is 2. The Balaban J connectivity index is 2.05. The van der Waals surface area contributed by atoms with Gasteiger partial charge >= 0.3 is 0 Å². The Morgan fingerprint density at radius 1 is 1.39 bits per heavy atom. The summed E-state index contributed by atoms with van der Waals surface area (Å²) in [5.74, 6) is 1.24. The molecule has 1 aromatic carbocycles. The van der Waals surface area contributed by atoms with E-state index in [1.807, 2.05) is 17.8 Å². The van der Waals surface area contributed by atoms with E-state index in [0.29, 0.717) is 6.42 Å². The summed E-state index contributed by atoms with van der Waals surface area (Å²) in [6.45, 7) is 6.28. The number of thioether (sulfide) groups is 1. The normalized spacial score (nSPS) is 19.2. The van der Waals surface area contributed by atoms with Crippen molar-refractivity contribution in [2.75, 3.05) is 5.75 Å². The molecular formula is C15H21NOS. The molecule has 0 saturated heterocycles. The second-order valence-electron chi connectivity index (χ2n) is 6.03. The van der Waals surface area contributed by atoms with Crippen LogP contribution in [0.2, 0.25) is 0 Å². The Labute approximate surface area is 114 Å². The van der Waals surface area contributed by atoms with Crippen molar-refractivity contribution in [2.45, 2.75) is 44.6 Å². The van der Waals surface area contributed by atoms with Crippen LogP contribution < -0.4 is 5.32 Å². The van der Waals surface area contributed by atoms with E-state index < -0.39 is 0 Å². The van der Waals surface area contributed by atoms with Crippen LogP contribution in [-0.2, 0) is 4.79 Å². The molecule has 2 rings (SSSR count). The highest BCUT2D eigenvalue weighted by Gasteiger charge is 2.23. The first-order valence-corrected chi connectivity index (χ1v) is 7.45. The van der Waals surface area contributed by atoms with Gasteiger partial charge in [-0.3, -0.25) is 4.79 Å². The van der Waals surface area contributed by atoms with E-state index in [1.165, 1.54) is 10.5 Å². The zero-order chi connectivity index (χ0) is 13.2. The van der Waals surface area contributed by atoms with Crippen molar-refractivity contribution >= 4 is 17.7 Å². The van der Waals surface area contributed by atoms with Crippen LogP contribution in [0.1, 0.15) is 45.2 Å². The molecule has 0 fully saturated rings. The Kier molecular flexibility index (Phi) is 4.00. The Bertz CT molecular complexity index is 436. The molecule has 98 valence electrons. The zero-order valence-electron chi connectivity index (χ0n) is 11.3. The molecule has 0 aromatic heterocycles. The number of benzene rings is 1. The van der Waals surface area contributed by atoms with Gasteiger partial charge in [-0.1, -0.05) is 39.0 Å². The molecule has 3 heteroatoms. The summed E-state index contributed by atoms with van der Waals surface area (Å²) < 4.78 is 0. The Hall–Kier alpha value is -0.960. The van der Waals surface area contributed by atoms with Gasteiger partial charge in [0.05, 0.1) is 6.04 Å². The number of hydrogen-bond donors (Lipinski definition) is 1. The first-order valence-electron chi connectivity index (χ1n) is 6.47. The lowest BCUT2D eigenvalue weighted by atomic mass is 9.91. The average molecular weight is 263 g/mol. The minimum Gasteiger partial charge on any atom is -0.349 e. The Morgan fingerprint density at radius 2 is 2.11 bits per heavy atom. The molecule has 1 unspecified atom stereocenters. The molecule has 2 nitrogen and oxygen atoms in total. The molecule has 0 aliphatic carbocycles. The molecule has 1 amide bonds. The quantitative estimate of drug-likeness (QED) is 0.880. The van der Waals surface area contributed by atoms with Crippen molar-refractivity contribution in [1.29, 1.82) is 0 Å². The van der Waals surface area contributed by atoms with E-state index in [-0.39, 0.29) is 17.4 Å². The molecule has 0 bridgehead atoms. The SMILES string of the molecule is CC(C)(C)CC(=O)NC1CCSc2ccccc21. The summed E-state index contributed by atoms with van der Waals surface area (Å²) in [6, 6.07) is 8.57. The van der Waals surface area contributed by atoms with Crippen LogP contribution in [0.15, 0.2) is 29.2 Å². The fourth-order valence-electron chi connectivity index (χ4n) is 2.22. The number of rotatable bonds is 2. The summed E-state index contributed by atoms with van der Waals surface area (Å²) >= 11 is 1.88. The third kappa shape index (κ3) is 3.52. The maximum Gasteiger partial charge on any atom is 0.221 e. The molecule has 0 radical (unpaired) electrons. The lowest BCUT2D eigenvalue weighted by Crippen LogP contribution is -2.32. The molecule has 1 aliphatic heterocycles. The molecule has 1 aromatic rings. The van der Waals surface area contributed by atoms with E-state index in [1.54, 1.807) is 0 Å². The van der Waals surface area contributed by atoms with Crippen molar-refractivity contribution in [3.8, 4) is 0 Å². The summed E-state index contributed by atoms with van der Waals surface area (Å²) in [5.41, 5.74) is 1.32. The van der Waals surface area contributed by atoms with Crippen LogP contribution in [0.25, 0.3) is 0 Å². The van der Waals surface area contributed by atoms with Gasteiger partial charge in [-0.2, -0.15) is 0 Å². The summed E-state index contributed by atoms with van der Waals surface area (Å²) in [5, 5.41) is 3.18. The number of amides is 1. The minimum atomic E-state index is 0.0486. The largest absolute Gasteiger partial charge is 0.349 e. The number of fused-ring (bicyclic) bond motifs is 1. The van der Waals surface area contributed by atoms with Crippen molar-refractivity contribution in [3.63, 3.8) is 0 Å². The number of carbonyl (C=O) groups is 1. The van der Waals surface area contributed by atoms with E-state index in [4.69, 9.17) is 0 Å². The van der Waals surface area contributed by atoms with Crippen LogP contribution in [0.4, 0.5) is 0 Å². The zero-order valence-corrected chi connectivity index (χ0v) is 12.1. The molecule has 1 heterocycles. The van der Waals surface area contributed by atoms with Gasteiger partial charge in [-0.25, -0.2) is 0 Å². The van der Waals surface area contributed by atoms with Crippen molar-refractivity contribution in [3.05, 3.63) is 29.8 Å². The van der Waals surface area contributed by atoms with Gasteiger partial charge in [0.2, 0.25) is 5.91 Å². The van der Waals surface area contributed by atoms with Gasteiger partial charge < -0.3 is 5.32 Å². The third-order valence-electron chi connectivity index (χ3n) is 2.98. The fourth-order valence-corrected chi connectivity index (χ4v) is 3.34. The van der Waals surface area contributed by atoms with Crippen LogP contribution >= 0.6 is 11.8 Å². The second-order valence-corrected chi connectivity index (χ2v) is 7.17. The lowest BCUT2D eigenvalue weighted by Gasteiger charge is -2.27. The van der Waals surface area contributed by atoms with E-state index in [2.05, 4.69) is 44.3 Å². The highest BCUT2D eigenvalue weighted by Crippen LogP contribution is 2.36. The molecule has 0 saturated carbocycles. The average Bonchev–Trinajstić information content (AvgIpc) is 2.27. The lowest BCUT2D eigenvalue weighted by molar-refractivity contribution is -0.123. The second kappa shape index (κ2) is 5.35.